The zero-order valence-corrected chi connectivity index (χ0v) is 18.2. The lowest BCUT2D eigenvalue weighted by atomic mass is 9.67. The Hall–Kier alpha value is -1.23. The summed E-state index contributed by atoms with van der Waals surface area (Å²) < 4.78 is 13.1. The van der Waals surface area contributed by atoms with Gasteiger partial charge in [0.15, 0.2) is 0 Å². The third-order valence-electron chi connectivity index (χ3n) is 5.45. The Kier molecular flexibility index (Phi) is 6.32. The molecule has 1 aromatic rings. The third-order valence-corrected chi connectivity index (χ3v) is 5.98. The number of halogens is 1. The van der Waals surface area contributed by atoms with Crippen LogP contribution in [0.2, 0.25) is 0 Å². The summed E-state index contributed by atoms with van der Waals surface area (Å²) in [4.78, 5) is 11.6. The molecule has 1 saturated carbocycles. The van der Waals surface area contributed by atoms with E-state index in [-0.39, 0.29) is 16.9 Å². The number of hydrogen-bond acceptors (Lipinski definition) is 3. The van der Waals surface area contributed by atoms with Crippen molar-refractivity contribution in [2.75, 3.05) is 0 Å². The molecule has 1 amide bonds. The molecule has 0 bridgehead atoms. The van der Waals surface area contributed by atoms with E-state index in [2.05, 4.69) is 50.5 Å². The summed E-state index contributed by atoms with van der Waals surface area (Å²) in [5.41, 5.74) is 5.04. The second-order valence-corrected chi connectivity index (χ2v) is 10.3. The van der Waals surface area contributed by atoms with Gasteiger partial charge in [-0.1, -0.05) is 50.5 Å². The van der Waals surface area contributed by atoms with Crippen LogP contribution in [0.3, 0.4) is 0 Å². The first-order valence-corrected chi connectivity index (χ1v) is 10.1. The minimum absolute atomic E-state index is 0.0933. The normalized spacial score (nSPS) is 20.2. The third kappa shape index (κ3) is 5.90. The van der Waals surface area contributed by atoms with E-state index in [0.29, 0.717) is 6.42 Å². The van der Waals surface area contributed by atoms with Crippen LogP contribution in [-0.2, 0) is 4.74 Å². The monoisotopic (exact) mass is 425 g/mol. The molecule has 1 fully saturated rings. The van der Waals surface area contributed by atoms with Gasteiger partial charge in [-0.2, -0.15) is 0 Å². The molecule has 146 valence electrons. The Morgan fingerprint density at radius 3 is 2.15 bits per heavy atom. The number of carbonyl (C=O) groups excluding carboxylic acids is 1. The summed E-state index contributed by atoms with van der Waals surface area (Å²) >= 11 is 3.45. The van der Waals surface area contributed by atoms with Crippen molar-refractivity contribution in [3.8, 4) is 5.75 Å². The summed E-state index contributed by atoms with van der Waals surface area (Å²) in [6.45, 7) is 11.0. The second-order valence-electron chi connectivity index (χ2n) is 9.40. The van der Waals surface area contributed by atoms with Gasteiger partial charge in [0.25, 0.3) is 0 Å². The molecule has 2 N–H and O–H groups in total. The minimum atomic E-state index is -0.694. The summed E-state index contributed by atoms with van der Waals surface area (Å²) in [6.07, 6.45) is 3.51. The van der Waals surface area contributed by atoms with Crippen molar-refractivity contribution in [1.29, 1.82) is 0 Å². The summed E-state index contributed by atoms with van der Waals surface area (Å²) in [5.74, 6) is 0.818. The van der Waals surface area contributed by atoms with E-state index >= 15 is 0 Å². The molecule has 5 heteroatoms. The van der Waals surface area contributed by atoms with Crippen molar-refractivity contribution in [2.45, 2.75) is 78.4 Å². The van der Waals surface area contributed by atoms with E-state index in [1.54, 1.807) is 0 Å². The van der Waals surface area contributed by atoms with Crippen molar-refractivity contribution < 1.29 is 14.3 Å². The Morgan fingerprint density at radius 2 is 1.69 bits per heavy atom. The molecule has 1 unspecified atom stereocenters. The number of nitrogens with two attached hydrogens (primary N) is 1. The molecule has 1 aromatic carbocycles. The molecule has 0 saturated heterocycles. The molecule has 4 nitrogen and oxygen atoms in total. The summed E-state index contributed by atoms with van der Waals surface area (Å²) in [7, 11) is 0. The molecule has 0 aromatic heterocycles. The first-order chi connectivity index (χ1) is 11.9. The predicted molar refractivity (Wildman–Crippen MR) is 108 cm³/mol. The summed E-state index contributed by atoms with van der Waals surface area (Å²) in [5, 5.41) is 0. The second kappa shape index (κ2) is 7.79. The number of benzene rings is 1. The van der Waals surface area contributed by atoms with Gasteiger partial charge in [0, 0.05) is 10.9 Å². The van der Waals surface area contributed by atoms with E-state index in [4.69, 9.17) is 15.2 Å². The van der Waals surface area contributed by atoms with Crippen molar-refractivity contribution in [3.63, 3.8) is 0 Å². The molecule has 26 heavy (non-hydrogen) atoms. The number of hydrogen-bond donors (Lipinski definition) is 1. The highest BCUT2D eigenvalue weighted by Gasteiger charge is 2.45. The Balaban J connectivity index is 2.22. The van der Waals surface area contributed by atoms with E-state index in [1.165, 1.54) is 0 Å². The fraction of sp³-hybridized carbons (Fsp3) is 0.667. The maximum Gasteiger partial charge on any atom is 0.405 e. The molecule has 0 aliphatic heterocycles. The fourth-order valence-electron chi connectivity index (χ4n) is 3.48. The van der Waals surface area contributed by atoms with Crippen LogP contribution in [-0.4, -0.2) is 17.8 Å². The molecule has 2 rings (SSSR count). The predicted octanol–water partition coefficient (Wildman–Crippen LogP) is 6.07. The van der Waals surface area contributed by atoms with Crippen LogP contribution in [0.4, 0.5) is 4.79 Å². The highest BCUT2D eigenvalue weighted by Crippen LogP contribution is 2.46. The minimum Gasteiger partial charge on any atom is -0.490 e. The molecule has 1 atom stereocenters. The average molecular weight is 426 g/mol. The van der Waals surface area contributed by atoms with Crippen LogP contribution in [0.25, 0.3) is 0 Å². The smallest absolute Gasteiger partial charge is 0.405 e. The quantitative estimate of drug-likeness (QED) is 0.622. The lowest BCUT2D eigenvalue weighted by molar-refractivity contribution is -0.0768. The largest absolute Gasteiger partial charge is 0.490 e. The van der Waals surface area contributed by atoms with E-state index < -0.39 is 11.7 Å². The van der Waals surface area contributed by atoms with Gasteiger partial charge >= 0.3 is 6.09 Å². The van der Waals surface area contributed by atoms with Gasteiger partial charge in [-0.15, -0.1) is 0 Å². The zero-order chi connectivity index (χ0) is 19.6. The van der Waals surface area contributed by atoms with Gasteiger partial charge in [-0.05, 0) is 60.8 Å². The van der Waals surface area contributed by atoms with Gasteiger partial charge in [0.2, 0.25) is 0 Å². The average Bonchev–Trinajstić information content (AvgIpc) is 2.50. The molecule has 0 heterocycles. The van der Waals surface area contributed by atoms with Crippen LogP contribution in [0.5, 0.6) is 5.75 Å². The number of amides is 1. The van der Waals surface area contributed by atoms with E-state index in [0.717, 1.165) is 35.9 Å². The SMILES string of the molecule is CC1(C)CCC(CC(Oc2ccc(Br)cc2)C(C)(C)C)(OC(N)=O)CC1. The lowest BCUT2D eigenvalue weighted by Crippen LogP contribution is -2.48. The Morgan fingerprint density at radius 1 is 1.15 bits per heavy atom. The van der Waals surface area contributed by atoms with Crippen LogP contribution in [0, 0.1) is 10.8 Å². The van der Waals surface area contributed by atoms with Crippen LogP contribution >= 0.6 is 15.9 Å². The number of carbonyl (C=O) groups is 1. The van der Waals surface area contributed by atoms with E-state index in [9.17, 15) is 4.79 Å². The van der Waals surface area contributed by atoms with Gasteiger partial charge in [0.1, 0.15) is 17.5 Å². The number of primary amides is 1. The van der Waals surface area contributed by atoms with Crippen molar-refractivity contribution in [1.82, 2.24) is 0 Å². The highest BCUT2D eigenvalue weighted by molar-refractivity contribution is 9.10. The number of rotatable bonds is 5. The molecular weight excluding hydrogens is 394 g/mol. The van der Waals surface area contributed by atoms with Crippen molar-refractivity contribution in [2.24, 2.45) is 16.6 Å². The molecule has 1 aliphatic rings. The Bertz CT molecular complexity index is 609. The Labute approximate surface area is 165 Å². The first kappa shape index (κ1) is 21.1. The summed E-state index contributed by atoms with van der Waals surface area (Å²) in [6, 6.07) is 7.84. The lowest BCUT2D eigenvalue weighted by Gasteiger charge is -2.45. The van der Waals surface area contributed by atoms with Gasteiger partial charge in [0.05, 0.1) is 0 Å². The van der Waals surface area contributed by atoms with Crippen molar-refractivity contribution in [3.05, 3.63) is 28.7 Å². The van der Waals surface area contributed by atoms with Crippen LogP contribution in [0.1, 0.15) is 66.7 Å². The van der Waals surface area contributed by atoms with E-state index in [1.807, 2.05) is 24.3 Å². The zero-order valence-electron chi connectivity index (χ0n) is 16.6. The standard InChI is InChI=1S/C21H32BrNO3/c1-19(2,3)17(25-16-8-6-15(22)7-9-16)14-21(26-18(23)24)12-10-20(4,5)11-13-21/h6-9,17H,10-14H2,1-5H3,(H2,23,24). The number of ether oxygens (including phenoxy) is 2. The highest BCUT2D eigenvalue weighted by atomic mass is 79.9. The molecular formula is C21H32BrNO3. The van der Waals surface area contributed by atoms with Crippen LogP contribution in [0.15, 0.2) is 28.7 Å². The topological polar surface area (TPSA) is 61.6 Å². The molecule has 0 spiro atoms. The maximum absolute atomic E-state index is 11.6. The van der Waals surface area contributed by atoms with Gasteiger partial charge in [-0.3, -0.25) is 0 Å². The molecule has 0 radical (unpaired) electrons. The molecule has 1 aliphatic carbocycles. The van der Waals surface area contributed by atoms with Crippen molar-refractivity contribution >= 4 is 22.0 Å². The fourth-order valence-corrected chi connectivity index (χ4v) is 3.75. The van der Waals surface area contributed by atoms with Gasteiger partial charge < -0.3 is 15.2 Å². The first-order valence-electron chi connectivity index (χ1n) is 9.32. The van der Waals surface area contributed by atoms with Crippen LogP contribution < -0.4 is 10.5 Å². The maximum atomic E-state index is 11.6. The van der Waals surface area contributed by atoms with Gasteiger partial charge in [-0.25, -0.2) is 4.79 Å².